The molecule has 1 saturated heterocycles. The second kappa shape index (κ2) is 4.44. The van der Waals surface area contributed by atoms with Gasteiger partial charge in [0.05, 0.1) is 6.61 Å². The summed E-state index contributed by atoms with van der Waals surface area (Å²) in [6, 6.07) is 8.05. The fourth-order valence-corrected chi connectivity index (χ4v) is 1.41. The Morgan fingerprint density at radius 3 is 2.93 bits per heavy atom. The maximum atomic E-state index is 5.72. The van der Waals surface area contributed by atoms with Gasteiger partial charge in [0.1, 0.15) is 11.9 Å². The van der Waals surface area contributed by atoms with Crippen LogP contribution in [0.15, 0.2) is 24.3 Å². The van der Waals surface area contributed by atoms with Crippen LogP contribution in [0.4, 0.5) is 0 Å². The van der Waals surface area contributed by atoms with Crippen molar-refractivity contribution in [1.29, 1.82) is 0 Å². The Kier molecular flexibility index (Phi) is 3.01. The second-order valence-electron chi connectivity index (χ2n) is 3.48. The van der Waals surface area contributed by atoms with Crippen LogP contribution in [0.5, 0.6) is 5.75 Å². The van der Waals surface area contributed by atoms with E-state index in [1.807, 2.05) is 24.3 Å². The molecule has 0 unspecified atom stereocenters. The number of methoxy groups -OCH3 is 1. The Morgan fingerprint density at radius 1 is 1.43 bits per heavy atom. The number of hydrogen-bond donors (Lipinski definition) is 1. The average Bonchev–Trinajstić information content (AvgIpc) is 2.13. The molecular formula is C11H15NO2. The highest BCUT2D eigenvalue weighted by atomic mass is 16.5. The van der Waals surface area contributed by atoms with E-state index in [2.05, 4.69) is 5.32 Å². The highest BCUT2D eigenvalue weighted by molar-refractivity contribution is 5.28. The van der Waals surface area contributed by atoms with Crippen molar-refractivity contribution in [2.45, 2.75) is 12.7 Å². The van der Waals surface area contributed by atoms with Gasteiger partial charge in [-0.1, -0.05) is 12.1 Å². The van der Waals surface area contributed by atoms with E-state index in [1.165, 1.54) is 0 Å². The van der Waals surface area contributed by atoms with Gasteiger partial charge in [-0.3, -0.25) is 0 Å². The lowest BCUT2D eigenvalue weighted by Gasteiger charge is -2.27. The molecule has 1 heterocycles. The summed E-state index contributed by atoms with van der Waals surface area (Å²) in [5, 5.41) is 3.17. The lowest BCUT2D eigenvalue weighted by atomic mass is 10.2. The van der Waals surface area contributed by atoms with Crippen molar-refractivity contribution in [1.82, 2.24) is 5.32 Å². The van der Waals surface area contributed by atoms with Crippen molar-refractivity contribution in [3.05, 3.63) is 29.8 Å². The highest BCUT2D eigenvalue weighted by Gasteiger charge is 2.17. The molecule has 0 atom stereocenters. The van der Waals surface area contributed by atoms with Crippen LogP contribution in [0, 0.1) is 0 Å². The number of hydrogen-bond acceptors (Lipinski definition) is 3. The Bertz CT molecular complexity index is 297. The number of benzene rings is 1. The smallest absolute Gasteiger partial charge is 0.123 e. The summed E-state index contributed by atoms with van der Waals surface area (Å²) >= 11 is 0. The standard InChI is InChI=1S/C11H15NO2/c1-13-8-9-3-2-4-10(5-9)14-11-6-12-7-11/h2-5,11-12H,6-8H2,1H3. The molecule has 0 saturated carbocycles. The monoisotopic (exact) mass is 193 g/mol. The molecule has 0 radical (unpaired) electrons. The molecule has 0 aliphatic carbocycles. The zero-order chi connectivity index (χ0) is 9.80. The van der Waals surface area contributed by atoms with Gasteiger partial charge in [0.15, 0.2) is 0 Å². The maximum absolute atomic E-state index is 5.72. The van der Waals surface area contributed by atoms with Gasteiger partial charge >= 0.3 is 0 Å². The van der Waals surface area contributed by atoms with Crippen LogP contribution in [0.1, 0.15) is 5.56 Å². The van der Waals surface area contributed by atoms with Gasteiger partial charge in [0.25, 0.3) is 0 Å². The first-order valence-electron chi connectivity index (χ1n) is 4.84. The third-order valence-corrected chi connectivity index (χ3v) is 2.26. The van der Waals surface area contributed by atoms with Gasteiger partial charge in [-0.15, -0.1) is 0 Å². The van der Waals surface area contributed by atoms with Gasteiger partial charge in [-0.2, -0.15) is 0 Å². The van der Waals surface area contributed by atoms with E-state index in [0.717, 1.165) is 24.4 Å². The minimum Gasteiger partial charge on any atom is -0.488 e. The summed E-state index contributed by atoms with van der Waals surface area (Å²) in [6.07, 6.45) is 0.341. The van der Waals surface area contributed by atoms with Gasteiger partial charge in [0, 0.05) is 20.2 Å². The van der Waals surface area contributed by atoms with E-state index in [0.29, 0.717) is 12.7 Å². The van der Waals surface area contributed by atoms with Crippen molar-refractivity contribution >= 4 is 0 Å². The summed E-state index contributed by atoms with van der Waals surface area (Å²) in [5.41, 5.74) is 1.15. The van der Waals surface area contributed by atoms with Gasteiger partial charge in [-0.05, 0) is 17.7 Å². The Labute approximate surface area is 84.0 Å². The molecule has 0 spiro atoms. The van der Waals surface area contributed by atoms with E-state index in [9.17, 15) is 0 Å². The average molecular weight is 193 g/mol. The second-order valence-corrected chi connectivity index (χ2v) is 3.48. The van der Waals surface area contributed by atoms with E-state index in [-0.39, 0.29) is 0 Å². The Hall–Kier alpha value is -1.06. The van der Waals surface area contributed by atoms with Crippen LogP contribution in [-0.2, 0) is 11.3 Å². The van der Waals surface area contributed by atoms with Crippen LogP contribution in [0.3, 0.4) is 0 Å². The van der Waals surface area contributed by atoms with Crippen LogP contribution < -0.4 is 10.1 Å². The van der Waals surface area contributed by atoms with E-state index < -0.39 is 0 Å². The normalized spacial score (nSPS) is 16.4. The molecule has 3 heteroatoms. The molecule has 0 amide bonds. The quantitative estimate of drug-likeness (QED) is 0.779. The minimum absolute atomic E-state index is 0.341. The topological polar surface area (TPSA) is 30.5 Å². The largest absolute Gasteiger partial charge is 0.488 e. The Balaban J connectivity index is 1.97. The summed E-state index contributed by atoms with van der Waals surface area (Å²) in [5.74, 6) is 0.936. The molecule has 1 aromatic carbocycles. The molecule has 1 aromatic rings. The molecule has 14 heavy (non-hydrogen) atoms. The fourth-order valence-electron chi connectivity index (χ4n) is 1.41. The van der Waals surface area contributed by atoms with Gasteiger partial charge < -0.3 is 14.8 Å². The first-order valence-corrected chi connectivity index (χ1v) is 4.84. The first kappa shape index (κ1) is 9.49. The predicted molar refractivity (Wildman–Crippen MR) is 54.4 cm³/mol. The van der Waals surface area contributed by atoms with Crippen molar-refractivity contribution in [3.8, 4) is 5.75 Å². The lowest BCUT2D eigenvalue weighted by Crippen LogP contribution is -2.50. The third kappa shape index (κ3) is 2.25. The van der Waals surface area contributed by atoms with Crippen molar-refractivity contribution in [3.63, 3.8) is 0 Å². The molecule has 0 aromatic heterocycles. The van der Waals surface area contributed by atoms with Crippen LogP contribution in [0.2, 0.25) is 0 Å². The molecule has 1 N–H and O–H groups in total. The number of ether oxygens (including phenoxy) is 2. The maximum Gasteiger partial charge on any atom is 0.123 e. The fraction of sp³-hybridized carbons (Fsp3) is 0.455. The first-order chi connectivity index (χ1) is 6.88. The predicted octanol–water partition coefficient (Wildman–Crippen LogP) is 1.18. The van der Waals surface area contributed by atoms with Gasteiger partial charge in [-0.25, -0.2) is 0 Å². The van der Waals surface area contributed by atoms with Crippen LogP contribution >= 0.6 is 0 Å². The van der Waals surface area contributed by atoms with Crippen LogP contribution in [0.25, 0.3) is 0 Å². The third-order valence-electron chi connectivity index (χ3n) is 2.26. The summed E-state index contributed by atoms with van der Waals surface area (Å²) < 4.78 is 10.8. The van der Waals surface area contributed by atoms with E-state index in [4.69, 9.17) is 9.47 Å². The Morgan fingerprint density at radius 2 is 2.29 bits per heavy atom. The SMILES string of the molecule is COCc1cccc(OC2CNC2)c1. The molecule has 3 nitrogen and oxygen atoms in total. The number of rotatable bonds is 4. The van der Waals surface area contributed by atoms with E-state index in [1.54, 1.807) is 7.11 Å². The lowest BCUT2D eigenvalue weighted by molar-refractivity contribution is 0.141. The molecule has 76 valence electrons. The molecule has 1 aliphatic rings. The molecule has 1 fully saturated rings. The molecule has 1 aliphatic heterocycles. The van der Waals surface area contributed by atoms with Crippen molar-refractivity contribution in [2.24, 2.45) is 0 Å². The number of nitrogens with one attached hydrogen (secondary N) is 1. The highest BCUT2D eigenvalue weighted by Crippen LogP contribution is 2.16. The summed E-state index contributed by atoms with van der Waals surface area (Å²) in [4.78, 5) is 0. The van der Waals surface area contributed by atoms with Crippen LogP contribution in [-0.4, -0.2) is 26.3 Å². The molecular weight excluding hydrogens is 178 g/mol. The minimum atomic E-state index is 0.341. The van der Waals surface area contributed by atoms with Gasteiger partial charge in [0.2, 0.25) is 0 Å². The van der Waals surface area contributed by atoms with E-state index >= 15 is 0 Å². The summed E-state index contributed by atoms with van der Waals surface area (Å²) in [6.45, 7) is 2.54. The van der Waals surface area contributed by atoms with Crippen molar-refractivity contribution < 1.29 is 9.47 Å². The molecule has 0 bridgehead atoms. The zero-order valence-corrected chi connectivity index (χ0v) is 8.32. The molecule has 2 rings (SSSR count). The summed E-state index contributed by atoms with van der Waals surface area (Å²) in [7, 11) is 1.70. The zero-order valence-electron chi connectivity index (χ0n) is 8.32. The van der Waals surface area contributed by atoms with Crippen molar-refractivity contribution in [2.75, 3.05) is 20.2 Å².